The molecule has 10 heteroatoms. The molecule has 1 fully saturated rings. The molecule has 1 amide bonds. The SMILES string of the molecule is CCn1c(SCC(=O)Nc2scc(-c3ccc(F)cc3)c2C(=O)OC)nnc1C1CCCC1. The molecule has 33 heavy (non-hydrogen) atoms. The van der Waals surface area contributed by atoms with E-state index in [1.54, 1.807) is 17.5 Å². The van der Waals surface area contributed by atoms with Crippen LogP contribution >= 0.6 is 23.1 Å². The Morgan fingerprint density at radius 3 is 2.64 bits per heavy atom. The summed E-state index contributed by atoms with van der Waals surface area (Å²) in [6.45, 7) is 2.80. The Bertz CT molecular complexity index is 1140. The van der Waals surface area contributed by atoms with E-state index in [2.05, 4.69) is 27.0 Å². The highest BCUT2D eigenvalue weighted by atomic mass is 32.2. The number of benzene rings is 1. The molecule has 1 N–H and O–H groups in total. The van der Waals surface area contributed by atoms with Crippen molar-refractivity contribution in [1.82, 2.24) is 14.8 Å². The average molecular weight is 489 g/mol. The molecule has 0 spiro atoms. The van der Waals surface area contributed by atoms with E-state index in [-0.39, 0.29) is 23.0 Å². The molecule has 2 heterocycles. The first kappa shape index (κ1) is 23.4. The lowest BCUT2D eigenvalue weighted by molar-refractivity contribution is -0.113. The van der Waals surface area contributed by atoms with Crippen molar-refractivity contribution in [2.24, 2.45) is 0 Å². The maximum atomic E-state index is 13.3. The van der Waals surface area contributed by atoms with Crippen molar-refractivity contribution in [2.75, 3.05) is 18.2 Å². The summed E-state index contributed by atoms with van der Waals surface area (Å²) >= 11 is 2.56. The first-order valence-electron chi connectivity index (χ1n) is 10.8. The average Bonchev–Trinajstić information content (AvgIpc) is 3.57. The minimum absolute atomic E-state index is 0.132. The highest BCUT2D eigenvalue weighted by Crippen LogP contribution is 2.37. The maximum Gasteiger partial charge on any atom is 0.341 e. The van der Waals surface area contributed by atoms with Crippen LogP contribution < -0.4 is 5.32 Å². The van der Waals surface area contributed by atoms with E-state index in [9.17, 15) is 14.0 Å². The van der Waals surface area contributed by atoms with Crippen molar-refractivity contribution < 1.29 is 18.7 Å². The predicted molar refractivity (Wildman–Crippen MR) is 127 cm³/mol. The van der Waals surface area contributed by atoms with Gasteiger partial charge in [-0.05, 0) is 37.5 Å². The third kappa shape index (κ3) is 5.11. The topological polar surface area (TPSA) is 86.1 Å². The fourth-order valence-corrected chi connectivity index (χ4v) is 5.86. The van der Waals surface area contributed by atoms with Gasteiger partial charge in [-0.15, -0.1) is 21.5 Å². The smallest absolute Gasteiger partial charge is 0.341 e. The molecule has 3 aromatic rings. The monoisotopic (exact) mass is 488 g/mol. The van der Waals surface area contributed by atoms with Gasteiger partial charge in [-0.2, -0.15) is 0 Å². The van der Waals surface area contributed by atoms with Crippen LogP contribution in [0.5, 0.6) is 0 Å². The number of rotatable bonds is 8. The molecule has 1 aliphatic rings. The Balaban J connectivity index is 1.48. The summed E-state index contributed by atoms with van der Waals surface area (Å²) in [6.07, 6.45) is 4.70. The highest BCUT2D eigenvalue weighted by Gasteiger charge is 2.25. The van der Waals surface area contributed by atoms with E-state index in [1.807, 2.05) is 0 Å². The summed E-state index contributed by atoms with van der Waals surface area (Å²) in [5.74, 6) is 0.395. The van der Waals surface area contributed by atoms with Gasteiger partial charge in [0, 0.05) is 23.4 Å². The zero-order chi connectivity index (χ0) is 23.4. The van der Waals surface area contributed by atoms with Gasteiger partial charge >= 0.3 is 5.97 Å². The number of halogens is 1. The Labute approximate surface area is 199 Å². The summed E-state index contributed by atoms with van der Waals surface area (Å²) in [7, 11) is 1.29. The van der Waals surface area contributed by atoms with Crippen LogP contribution in [-0.2, 0) is 16.1 Å². The quantitative estimate of drug-likeness (QED) is 0.340. The second-order valence-corrected chi connectivity index (χ2v) is 9.58. The first-order chi connectivity index (χ1) is 16.0. The van der Waals surface area contributed by atoms with Crippen LogP contribution in [-0.4, -0.2) is 39.5 Å². The Kier molecular flexibility index (Phi) is 7.44. The minimum Gasteiger partial charge on any atom is -0.465 e. The van der Waals surface area contributed by atoms with E-state index in [0.717, 1.165) is 30.4 Å². The van der Waals surface area contributed by atoms with Crippen LogP contribution in [0.3, 0.4) is 0 Å². The Morgan fingerprint density at radius 2 is 1.97 bits per heavy atom. The van der Waals surface area contributed by atoms with Crippen LogP contribution in [0.15, 0.2) is 34.8 Å². The minimum atomic E-state index is -0.564. The van der Waals surface area contributed by atoms with Crippen molar-refractivity contribution in [1.29, 1.82) is 0 Å². The second kappa shape index (κ2) is 10.5. The molecule has 1 saturated carbocycles. The van der Waals surface area contributed by atoms with Gasteiger partial charge in [0.05, 0.1) is 12.9 Å². The van der Waals surface area contributed by atoms with Gasteiger partial charge in [-0.25, -0.2) is 9.18 Å². The molecule has 4 rings (SSSR count). The van der Waals surface area contributed by atoms with Crippen LogP contribution in [0.2, 0.25) is 0 Å². The van der Waals surface area contributed by atoms with Gasteiger partial charge in [0.1, 0.15) is 22.2 Å². The number of ether oxygens (including phenoxy) is 1. The lowest BCUT2D eigenvalue weighted by atomic mass is 10.0. The number of carbonyl (C=O) groups is 2. The molecule has 0 saturated heterocycles. The van der Waals surface area contributed by atoms with E-state index in [4.69, 9.17) is 4.74 Å². The van der Waals surface area contributed by atoms with Gasteiger partial charge in [-0.3, -0.25) is 4.79 Å². The fraction of sp³-hybridized carbons (Fsp3) is 0.391. The number of anilines is 1. The summed E-state index contributed by atoms with van der Waals surface area (Å²) in [6, 6.07) is 5.83. The predicted octanol–water partition coefficient (Wildman–Crippen LogP) is 5.34. The molecule has 0 aliphatic heterocycles. The zero-order valence-corrected chi connectivity index (χ0v) is 20.1. The van der Waals surface area contributed by atoms with Crippen molar-refractivity contribution in [3.05, 3.63) is 46.9 Å². The van der Waals surface area contributed by atoms with E-state index in [1.165, 1.54) is 55.2 Å². The highest BCUT2D eigenvalue weighted by molar-refractivity contribution is 7.99. The molecule has 2 aromatic heterocycles. The summed E-state index contributed by atoms with van der Waals surface area (Å²) in [5, 5.41) is 14.4. The fourth-order valence-electron chi connectivity index (χ4n) is 4.08. The molecule has 0 radical (unpaired) electrons. The molecule has 1 aliphatic carbocycles. The number of hydrogen-bond donors (Lipinski definition) is 1. The second-order valence-electron chi connectivity index (χ2n) is 7.76. The number of carbonyl (C=O) groups excluding carboxylic acids is 2. The van der Waals surface area contributed by atoms with Crippen molar-refractivity contribution in [3.63, 3.8) is 0 Å². The Morgan fingerprint density at radius 1 is 1.24 bits per heavy atom. The van der Waals surface area contributed by atoms with Gasteiger partial charge in [-0.1, -0.05) is 36.7 Å². The number of nitrogens with zero attached hydrogens (tertiary/aromatic N) is 3. The maximum absolute atomic E-state index is 13.3. The third-order valence-corrected chi connectivity index (χ3v) is 7.57. The lowest BCUT2D eigenvalue weighted by Crippen LogP contribution is -2.16. The molecule has 174 valence electrons. The molecule has 0 bridgehead atoms. The molecule has 0 unspecified atom stereocenters. The molecular weight excluding hydrogens is 463 g/mol. The van der Waals surface area contributed by atoms with Crippen LogP contribution in [0.25, 0.3) is 11.1 Å². The van der Waals surface area contributed by atoms with Gasteiger partial charge in [0.2, 0.25) is 5.91 Å². The van der Waals surface area contributed by atoms with E-state index < -0.39 is 5.97 Å². The number of aromatic nitrogens is 3. The van der Waals surface area contributed by atoms with Gasteiger partial charge in [0.15, 0.2) is 5.16 Å². The molecular formula is C23H25FN4O3S2. The number of thioether (sulfide) groups is 1. The number of esters is 1. The third-order valence-electron chi connectivity index (χ3n) is 5.70. The number of nitrogens with one attached hydrogen (secondary N) is 1. The summed E-state index contributed by atoms with van der Waals surface area (Å²) < 4.78 is 20.3. The van der Waals surface area contributed by atoms with Crippen molar-refractivity contribution >= 4 is 40.0 Å². The zero-order valence-electron chi connectivity index (χ0n) is 18.5. The normalized spacial score (nSPS) is 13.9. The standard InChI is InChI=1S/C23H25FN4O3S2/c1-3-28-20(15-6-4-5-7-15)26-27-23(28)33-13-18(29)25-21-19(22(30)31-2)17(12-32-21)14-8-10-16(24)11-9-14/h8-12,15H,3-7,13H2,1-2H3,(H,25,29). The number of hydrogen-bond acceptors (Lipinski definition) is 7. The van der Waals surface area contributed by atoms with Gasteiger partial charge < -0.3 is 14.6 Å². The Hall–Kier alpha value is -2.72. The molecule has 1 aromatic carbocycles. The number of methoxy groups -OCH3 is 1. The molecule has 0 atom stereocenters. The van der Waals surface area contributed by atoms with Crippen LogP contribution in [0, 0.1) is 5.82 Å². The van der Waals surface area contributed by atoms with E-state index in [0.29, 0.717) is 22.0 Å². The number of thiophene rings is 1. The van der Waals surface area contributed by atoms with E-state index >= 15 is 0 Å². The molecule has 7 nitrogen and oxygen atoms in total. The first-order valence-corrected chi connectivity index (χ1v) is 12.7. The summed E-state index contributed by atoms with van der Waals surface area (Å²) in [4.78, 5) is 25.2. The van der Waals surface area contributed by atoms with Gasteiger partial charge in [0.25, 0.3) is 0 Å². The number of amides is 1. The summed E-state index contributed by atoms with van der Waals surface area (Å²) in [5.41, 5.74) is 1.51. The van der Waals surface area contributed by atoms with Crippen LogP contribution in [0.1, 0.15) is 54.7 Å². The van der Waals surface area contributed by atoms with Crippen molar-refractivity contribution in [2.45, 2.75) is 50.2 Å². The largest absolute Gasteiger partial charge is 0.465 e. The van der Waals surface area contributed by atoms with Crippen LogP contribution in [0.4, 0.5) is 9.39 Å². The van der Waals surface area contributed by atoms with Crippen molar-refractivity contribution in [3.8, 4) is 11.1 Å². The lowest BCUT2D eigenvalue weighted by Gasteiger charge is -2.11.